The number of aromatic nitrogens is 1. The molecule has 1 heterocycles. The Balaban J connectivity index is 1.85. The molecule has 0 aliphatic carbocycles. The lowest BCUT2D eigenvalue weighted by Crippen LogP contribution is -1.96. The summed E-state index contributed by atoms with van der Waals surface area (Å²) in [6.07, 6.45) is 15.9. The molecule has 122 valence electrons. The van der Waals surface area contributed by atoms with Gasteiger partial charge in [0, 0.05) is 18.7 Å². The van der Waals surface area contributed by atoms with Crippen molar-refractivity contribution < 1.29 is 10.2 Å². The van der Waals surface area contributed by atoms with Crippen LogP contribution in [0.2, 0.25) is 0 Å². The summed E-state index contributed by atoms with van der Waals surface area (Å²) < 4.78 is 1.57. The van der Waals surface area contributed by atoms with Gasteiger partial charge in [-0.15, -0.1) is 0 Å². The zero-order chi connectivity index (χ0) is 15.3. The van der Waals surface area contributed by atoms with Gasteiger partial charge in [-0.25, -0.2) is 0 Å². The largest absolute Gasteiger partial charge is 0.494 e. The summed E-state index contributed by atoms with van der Waals surface area (Å²) in [6, 6.07) is 3.08. The Bertz CT molecular complexity index is 341. The Kier molecular flexibility index (Phi) is 9.84. The minimum Gasteiger partial charge on any atom is -0.494 e. The zero-order valence-electron chi connectivity index (χ0n) is 13.7. The first-order valence-electron chi connectivity index (χ1n) is 8.83. The molecule has 0 atom stereocenters. The number of rotatable bonds is 13. The summed E-state index contributed by atoms with van der Waals surface area (Å²) >= 11 is 0. The Morgan fingerprint density at radius 2 is 1.05 bits per heavy atom. The first kappa shape index (κ1) is 17.9. The Labute approximate surface area is 130 Å². The van der Waals surface area contributed by atoms with E-state index < -0.39 is 0 Å². The number of hydrogen-bond donors (Lipinski definition) is 2. The maximum Gasteiger partial charge on any atom is 0.193 e. The van der Waals surface area contributed by atoms with E-state index in [4.69, 9.17) is 0 Å². The van der Waals surface area contributed by atoms with E-state index in [0.29, 0.717) is 6.54 Å². The standard InChI is InChI=1S/C18H33NO2/c1-2-3-4-5-6-7-8-9-10-11-12-13-16-19-17(20)14-15-18(19)21/h14-15,20-21H,2-13,16H2,1H3. The van der Waals surface area contributed by atoms with Crippen LogP contribution in [0.4, 0.5) is 0 Å². The molecule has 1 aromatic rings. The van der Waals surface area contributed by atoms with Gasteiger partial charge in [0.2, 0.25) is 0 Å². The molecule has 0 radical (unpaired) electrons. The van der Waals surface area contributed by atoms with Crippen molar-refractivity contribution in [2.75, 3.05) is 0 Å². The lowest BCUT2D eigenvalue weighted by molar-refractivity contribution is 0.361. The quantitative estimate of drug-likeness (QED) is 0.465. The maximum atomic E-state index is 9.51. The van der Waals surface area contributed by atoms with E-state index in [9.17, 15) is 10.2 Å². The predicted molar refractivity (Wildman–Crippen MR) is 88.8 cm³/mol. The second-order valence-corrected chi connectivity index (χ2v) is 6.09. The highest BCUT2D eigenvalue weighted by Crippen LogP contribution is 2.22. The molecule has 0 saturated carbocycles. The highest BCUT2D eigenvalue weighted by molar-refractivity contribution is 5.23. The molecule has 0 spiro atoms. The fraction of sp³-hybridized carbons (Fsp3) is 0.778. The number of nitrogens with zero attached hydrogens (tertiary/aromatic N) is 1. The van der Waals surface area contributed by atoms with E-state index in [-0.39, 0.29) is 11.8 Å². The average Bonchev–Trinajstić information content (AvgIpc) is 2.80. The third-order valence-corrected chi connectivity index (χ3v) is 4.17. The summed E-state index contributed by atoms with van der Waals surface area (Å²) in [5.41, 5.74) is 0. The van der Waals surface area contributed by atoms with Gasteiger partial charge in [-0.1, -0.05) is 77.6 Å². The lowest BCUT2D eigenvalue weighted by atomic mass is 10.1. The van der Waals surface area contributed by atoms with Crippen LogP contribution in [0.1, 0.15) is 84.0 Å². The van der Waals surface area contributed by atoms with Crippen LogP contribution in [0, 0.1) is 0 Å². The molecule has 1 rings (SSSR count). The van der Waals surface area contributed by atoms with Crippen LogP contribution in [0.15, 0.2) is 12.1 Å². The second-order valence-electron chi connectivity index (χ2n) is 6.09. The normalized spacial score (nSPS) is 11.1. The molecule has 3 heteroatoms. The molecule has 0 saturated heterocycles. The molecule has 0 bridgehead atoms. The van der Waals surface area contributed by atoms with Crippen molar-refractivity contribution >= 4 is 0 Å². The predicted octanol–water partition coefficient (Wildman–Crippen LogP) is 5.60. The molecule has 0 unspecified atom stereocenters. The molecule has 0 aromatic carbocycles. The monoisotopic (exact) mass is 295 g/mol. The van der Waals surface area contributed by atoms with Gasteiger partial charge in [-0.05, 0) is 6.42 Å². The third kappa shape index (κ3) is 8.03. The molecule has 2 N–H and O–H groups in total. The van der Waals surface area contributed by atoms with Crippen molar-refractivity contribution in [3.05, 3.63) is 12.1 Å². The van der Waals surface area contributed by atoms with Crippen LogP contribution in [0.5, 0.6) is 11.8 Å². The third-order valence-electron chi connectivity index (χ3n) is 4.17. The second kappa shape index (κ2) is 11.5. The molecule has 0 amide bonds. The van der Waals surface area contributed by atoms with Crippen LogP contribution in [0.3, 0.4) is 0 Å². The number of aromatic hydroxyl groups is 2. The summed E-state index contributed by atoms with van der Waals surface area (Å²) in [6.45, 7) is 2.97. The fourth-order valence-corrected chi connectivity index (χ4v) is 2.79. The summed E-state index contributed by atoms with van der Waals surface area (Å²) in [4.78, 5) is 0. The Morgan fingerprint density at radius 3 is 1.48 bits per heavy atom. The van der Waals surface area contributed by atoms with Crippen molar-refractivity contribution in [3.8, 4) is 11.8 Å². The SMILES string of the molecule is CCCCCCCCCCCCCCn1c(O)ccc1O. The molecule has 3 nitrogen and oxygen atoms in total. The summed E-state index contributed by atoms with van der Waals surface area (Å²) in [5.74, 6) is 0.325. The van der Waals surface area contributed by atoms with Gasteiger partial charge < -0.3 is 10.2 Å². The van der Waals surface area contributed by atoms with Crippen LogP contribution >= 0.6 is 0 Å². The Morgan fingerprint density at radius 1 is 0.667 bits per heavy atom. The van der Waals surface area contributed by atoms with Crippen LogP contribution in [-0.4, -0.2) is 14.8 Å². The van der Waals surface area contributed by atoms with E-state index in [1.165, 1.54) is 82.8 Å². The van der Waals surface area contributed by atoms with E-state index in [1.54, 1.807) is 4.57 Å². The summed E-state index contributed by atoms with van der Waals surface area (Å²) in [7, 11) is 0. The van der Waals surface area contributed by atoms with Crippen molar-refractivity contribution in [1.82, 2.24) is 4.57 Å². The topological polar surface area (TPSA) is 45.4 Å². The van der Waals surface area contributed by atoms with Gasteiger partial charge in [0.25, 0.3) is 0 Å². The first-order valence-corrected chi connectivity index (χ1v) is 8.83. The van der Waals surface area contributed by atoms with Crippen LogP contribution < -0.4 is 0 Å². The van der Waals surface area contributed by atoms with Gasteiger partial charge >= 0.3 is 0 Å². The molecular weight excluding hydrogens is 262 g/mol. The minimum absolute atomic E-state index is 0.163. The minimum atomic E-state index is 0.163. The summed E-state index contributed by atoms with van der Waals surface area (Å²) in [5, 5.41) is 19.0. The lowest BCUT2D eigenvalue weighted by Gasteiger charge is -2.06. The smallest absolute Gasteiger partial charge is 0.193 e. The van der Waals surface area contributed by atoms with Crippen molar-refractivity contribution in [2.24, 2.45) is 0 Å². The van der Waals surface area contributed by atoms with Crippen molar-refractivity contribution in [3.63, 3.8) is 0 Å². The molecule has 1 aromatic heterocycles. The highest BCUT2D eigenvalue weighted by Gasteiger charge is 2.04. The fourth-order valence-electron chi connectivity index (χ4n) is 2.79. The average molecular weight is 295 g/mol. The van der Waals surface area contributed by atoms with Gasteiger partial charge in [0.1, 0.15) is 0 Å². The first-order chi connectivity index (χ1) is 10.3. The Hall–Kier alpha value is -1.12. The van der Waals surface area contributed by atoms with Crippen LogP contribution in [-0.2, 0) is 6.54 Å². The van der Waals surface area contributed by atoms with Gasteiger partial charge in [0.05, 0.1) is 0 Å². The molecular formula is C18H33NO2. The molecule has 0 fully saturated rings. The van der Waals surface area contributed by atoms with Gasteiger partial charge in [0.15, 0.2) is 11.8 Å². The van der Waals surface area contributed by atoms with E-state index in [0.717, 1.165) is 6.42 Å². The molecule has 21 heavy (non-hydrogen) atoms. The molecule has 0 aliphatic rings. The maximum absolute atomic E-state index is 9.51. The van der Waals surface area contributed by atoms with E-state index in [2.05, 4.69) is 6.92 Å². The van der Waals surface area contributed by atoms with Crippen molar-refractivity contribution in [1.29, 1.82) is 0 Å². The number of hydrogen-bond acceptors (Lipinski definition) is 2. The van der Waals surface area contributed by atoms with E-state index in [1.807, 2.05) is 0 Å². The zero-order valence-corrected chi connectivity index (χ0v) is 13.7. The van der Waals surface area contributed by atoms with Gasteiger partial charge in [-0.2, -0.15) is 0 Å². The van der Waals surface area contributed by atoms with Crippen molar-refractivity contribution in [2.45, 2.75) is 90.5 Å². The van der Waals surface area contributed by atoms with Gasteiger partial charge in [-0.3, -0.25) is 4.57 Å². The molecule has 0 aliphatic heterocycles. The highest BCUT2D eigenvalue weighted by atomic mass is 16.3. The number of unbranched alkanes of at least 4 members (excludes halogenated alkanes) is 11. The van der Waals surface area contributed by atoms with Crippen LogP contribution in [0.25, 0.3) is 0 Å². The van der Waals surface area contributed by atoms with E-state index >= 15 is 0 Å².